The number of nitrogens with zero attached hydrogens (tertiary/aromatic N) is 1. The first-order chi connectivity index (χ1) is 5.02. The van der Waals surface area contributed by atoms with Gasteiger partial charge in [-0.25, -0.2) is 0 Å². The van der Waals surface area contributed by atoms with Gasteiger partial charge >= 0.3 is 0 Å². The Morgan fingerprint density at radius 3 is 2.36 bits per heavy atom. The van der Waals surface area contributed by atoms with Crippen LogP contribution in [0.15, 0.2) is 12.2 Å². The summed E-state index contributed by atoms with van der Waals surface area (Å²) in [6, 6.07) is 0.550. The molecule has 0 fully saturated rings. The van der Waals surface area contributed by atoms with Crippen molar-refractivity contribution >= 4 is 0 Å². The second-order valence-corrected chi connectivity index (χ2v) is 3.52. The highest BCUT2D eigenvalue weighted by molar-refractivity contribution is 4.99. The second kappa shape index (κ2) is 5.33. The van der Waals surface area contributed by atoms with Gasteiger partial charge in [0, 0.05) is 19.1 Å². The van der Waals surface area contributed by atoms with Crippen LogP contribution in [0.2, 0.25) is 0 Å². The van der Waals surface area contributed by atoms with E-state index < -0.39 is 0 Å². The Morgan fingerprint density at radius 2 is 2.00 bits per heavy atom. The third-order valence-electron chi connectivity index (χ3n) is 1.30. The number of nitrogens with one attached hydrogen (secondary N) is 1. The molecule has 0 radical (unpaired) electrons. The molecule has 0 aromatic carbocycles. The van der Waals surface area contributed by atoms with E-state index in [1.807, 2.05) is 0 Å². The van der Waals surface area contributed by atoms with E-state index in [1.165, 1.54) is 5.57 Å². The van der Waals surface area contributed by atoms with Gasteiger partial charge < -0.3 is 10.2 Å². The summed E-state index contributed by atoms with van der Waals surface area (Å²) in [5, 5.41) is 3.32. The minimum Gasteiger partial charge on any atom is -0.311 e. The Bertz CT molecular complexity index is 117. The van der Waals surface area contributed by atoms with Gasteiger partial charge in [-0.2, -0.15) is 0 Å². The summed E-state index contributed by atoms with van der Waals surface area (Å²) in [4.78, 5) is 2.13. The lowest BCUT2D eigenvalue weighted by Crippen LogP contribution is -2.28. The zero-order chi connectivity index (χ0) is 8.85. The Morgan fingerprint density at radius 1 is 1.45 bits per heavy atom. The van der Waals surface area contributed by atoms with Crippen LogP contribution in [0.1, 0.15) is 13.8 Å². The quantitative estimate of drug-likeness (QED) is 0.600. The van der Waals surface area contributed by atoms with Crippen LogP contribution in [0.5, 0.6) is 0 Å². The zero-order valence-corrected chi connectivity index (χ0v) is 8.15. The van der Waals surface area contributed by atoms with Crippen LogP contribution in [0.4, 0.5) is 0 Å². The van der Waals surface area contributed by atoms with Crippen LogP contribution in [0.25, 0.3) is 0 Å². The minimum absolute atomic E-state index is 0.550. The molecule has 0 aromatic rings. The van der Waals surface area contributed by atoms with Gasteiger partial charge in [-0.15, -0.1) is 0 Å². The van der Waals surface area contributed by atoms with Crippen LogP contribution in [0.3, 0.4) is 0 Å². The smallest absolute Gasteiger partial charge is 0.0196 e. The average molecular weight is 156 g/mol. The van der Waals surface area contributed by atoms with Gasteiger partial charge in [0.25, 0.3) is 0 Å². The molecule has 11 heavy (non-hydrogen) atoms. The Balaban J connectivity index is 3.38. The Hall–Kier alpha value is -0.340. The fraction of sp³-hybridized carbons (Fsp3) is 0.778. The molecule has 0 unspecified atom stereocenters. The van der Waals surface area contributed by atoms with E-state index in [2.05, 4.69) is 44.7 Å². The number of rotatable bonds is 5. The van der Waals surface area contributed by atoms with Crippen LogP contribution in [0, 0.1) is 0 Å². The topological polar surface area (TPSA) is 15.3 Å². The summed E-state index contributed by atoms with van der Waals surface area (Å²) >= 11 is 0. The van der Waals surface area contributed by atoms with E-state index in [9.17, 15) is 0 Å². The van der Waals surface area contributed by atoms with Crippen LogP contribution in [-0.2, 0) is 0 Å². The van der Waals surface area contributed by atoms with Crippen LogP contribution < -0.4 is 5.32 Å². The molecule has 0 aliphatic heterocycles. The van der Waals surface area contributed by atoms with E-state index in [0.717, 1.165) is 13.1 Å². The third-order valence-corrected chi connectivity index (χ3v) is 1.30. The molecule has 2 nitrogen and oxygen atoms in total. The van der Waals surface area contributed by atoms with E-state index in [-0.39, 0.29) is 0 Å². The Labute approximate surface area is 70.3 Å². The van der Waals surface area contributed by atoms with Crippen molar-refractivity contribution in [2.24, 2.45) is 0 Å². The van der Waals surface area contributed by atoms with Gasteiger partial charge in [0.15, 0.2) is 0 Å². The predicted octanol–water partition coefficient (Wildman–Crippen LogP) is 1.10. The van der Waals surface area contributed by atoms with E-state index in [1.54, 1.807) is 0 Å². The molecule has 0 saturated heterocycles. The summed E-state index contributed by atoms with van der Waals surface area (Å²) in [6.07, 6.45) is 0. The minimum atomic E-state index is 0.550. The highest BCUT2D eigenvalue weighted by Crippen LogP contribution is 1.90. The molecule has 0 aliphatic rings. The van der Waals surface area contributed by atoms with Gasteiger partial charge in [0.05, 0.1) is 0 Å². The summed E-state index contributed by atoms with van der Waals surface area (Å²) in [6.45, 7) is 10.1. The summed E-state index contributed by atoms with van der Waals surface area (Å²) in [5.74, 6) is 0. The maximum absolute atomic E-state index is 3.96. The van der Waals surface area contributed by atoms with Gasteiger partial charge in [0.1, 0.15) is 0 Å². The number of likely N-dealkylation sites (N-methyl/N-ethyl adjacent to an activating group) is 1. The lowest BCUT2D eigenvalue weighted by molar-refractivity contribution is 0.437. The molecule has 0 amide bonds. The number of hydrogen-bond acceptors (Lipinski definition) is 2. The maximum atomic E-state index is 3.96. The molecule has 0 spiro atoms. The highest BCUT2D eigenvalue weighted by Gasteiger charge is 1.97. The van der Waals surface area contributed by atoms with Gasteiger partial charge in [-0.1, -0.05) is 20.4 Å². The largest absolute Gasteiger partial charge is 0.311 e. The fourth-order valence-electron chi connectivity index (χ4n) is 0.852. The molecule has 1 N–H and O–H groups in total. The van der Waals surface area contributed by atoms with Crippen molar-refractivity contribution in [2.75, 3.05) is 27.2 Å². The van der Waals surface area contributed by atoms with Gasteiger partial charge in [-0.3, -0.25) is 0 Å². The second-order valence-electron chi connectivity index (χ2n) is 3.52. The van der Waals surface area contributed by atoms with E-state index in [0.29, 0.717) is 6.04 Å². The first-order valence-electron chi connectivity index (χ1n) is 4.07. The average Bonchev–Trinajstić information content (AvgIpc) is 1.82. The monoisotopic (exact) mass is 156 g/mol. The molecule has 0 saturated carbocycles. The molecule has 0 aliphatic carbocycles. The molecule has 0 atom stereocenters. The van der Waals surface area contributed by atoms with Gasteiger partial charge in [-0.05, 0) is 19.7 Å². The summed E-state index contributed by atoms with van der Waals surface area (Å²) < 4.78 is 0. The molecular weight excluding hydrogens is 136 g/mol. The van der Waals surface area contributed by atoms with Crippen molar-refractivity contribution in [3.8, 4) is 0 Å². The summed E-state index contributed by atoms with van der Waals surface area (Å²) in [5.41, 5.74) is 1.24. The normalized spacial score (nSPS) is 11.1. The van der Waals surface area contributed by atoms with E-state index >= 15 is 0 Å². The lowest BCUT2D eigenvalue weighted by Gasteiger charge is -2.14. The van der Waals surface area contributed by atoms with Crippen molar-refractivity contribution in [3.63, 3.8) is 0 Å². The maximum Gasteiger partial charge on any atom is 0.0196 e. The zero-order valence-electron chi connectivity index (χ0n) is 8.15. The molecule has 2 heteroatoms. The third kappa shape index (κ3) is 7.56. The number of hydrogen-bond donors (Lipinski definition) is 1. The first kappa shape index (κ1) is 10.7. The standard InChI is InChI=1S/C9H20N2/c1-8(2)10-6-9(3)7-11(4)5/h8,10H,3,6-7H2,1-2,4-5H3. The van der Waals surface area contributed by atoms with Crippen molar-refractivity contribution in [2.45, 2.75) is 19.9 Å². The molecule has 66 valence electrons. The molecule has 0 heterocycles. The first-order valence-corrected chi connectivity index (χ1v) is 4.07. The Kier molecular flexibility index (Phi) is 5.16. The summed E-state index contributed by atoms with van der Waals surface area (Å²) in [7, 11) is 4.11. The highest BCUT2D eigenvalue weighted by atomic mass is 15.1. The van der Waals surface area contributed by atoms with Crippen molar-refractivity contribution < 1.29 is 0 Å². The van der Waals surface area contributed by atoms with Gasteiger partial charge in [0.2, 0.25) is 0 Å². The lowest BCUT2D eigenvalue weighted by atomic mass is 10.2. The van der Waals surface area contributed by atoms with Crippen molar-refractivity contribution in [1.29, 1.82) is 0 Å². The van der Waals surface area contributed by atoms with Crippen LogP contribution >= 0.6 is 0 Å². The van der Waals surface area contributed by atoms with Crippen molar-refractivity contribution in [3.05, 3.63) is 12.2 Å². The fourth-order valence-corrected chi connectivity index (χ4v) is 0.852. The predicted molar refractivity (Wildman–Crippen MR) is 50.8 cm³/mol. The molecule has 0 aromatic heterocycles. The van der Waals surface area contributed by atoms with Crippen molar-refractivity contribution in [1.82, 2.24) is 10.2 Å². The molecular formula is C9H20N2. The molecule has 0 rings (SSSR count). The van der Waals surface area contributed by atoms with Crippen LogP contribution in [-0.4, -0.2) is 38.1 Å². The SMILES string of the molecule is C=C(CNC(C)C)CN(C)C. The molecule has 0 bridgehead atoms. The van der Waals surface area contributed by atoms with E-state index in [4.69, 9.17) is 0 Å².